The number of fused-ring (bicyclic) bond motifs is 2. The first-order valence-corrected chi connectivity index (χ1v) is 14.0. The highest BCUT2D eigenvalue weighted by molar-refractivity contribution is 6.35. The third kappa shape index (κ3) is 5.37. The third-order valence-corrected chi connectivity index (χ3v) is 8.12. The van der Waals surface area contributed by atoms with Crippen molar-refractivity contribution in [3.05, 3.63) is 34.6 Å². The molecule has 2 aromatic rings. The van der Waals surface area contributed by atoms with Gasteiger partial charge in [-0.15, -0.1) is 0 Å². The molecule has 3 aliphatic rings. The van der Waals surface area contributed by atoms with Gasteiger partial charge < -0.3 is 34.0 Å². The second kappa shape index (κ2) is 10.5. The number of amides is 2. The van der Waals surface area contributed by atoms with Crippen LogP contribution in [0.3, 0.4) is 0 Å². The molecule has 3 aliphatic heterocycles. The first-order chi connectivity index (χ1) is 19.2. The van der Waals surface area contributed by atoms with Gasteiger partial charge in [-0.25, -0.2) is 14.2 Å². The van der Waals surface area contributed by atoms with E-state index in [0.717, 1.165) is 0 Å². The number of pyridine rings is 1. The molecule has 0 bridgehead atoms. The van der Waals surface area contributed by atoms with Gasteiger partial charge in [-0.1, -0.05) is 17.7 Å². The quantitative estimate of drug-likeness (QED) is 0.548. The standard InChI is InChI=1S/C29H36ClFN4O6/c1-28(2,3)41-27(38)33-10-11-34-16(13-33)15-40-24-21(26(34)37)25(35-14-17(39-6)12-29(35,4)5)32-23(22(24)30)20-18(31)8-7-9-19(20)36/h7-9,16-17,36H,10-15H2,1-6H3/t16-,17?/m1/s1. The Balaban J connectivity index is 1.62. The highest BCUT2D eigenvalue weighted by Gasteiger charge is 2.46. The predicted octanol–water partition coefficient (Wildman–Crippen LogP) is 4.70. The van der Waals surface area contributed by atoms with Gasteiger partial charge >= 0.3 is 6.09 Å². The highest BCUT2D eigenvalue weighted by Crippen LogP contribution is 2.48. The third-order valence-electron chi connectivity index (χ3n) is 7.77. The van der Waals surface area contributed by atoms with E-state index in [9.17, 15) is 14.7 Å². The number of benzene rings is 1. The van der Waals surface area contributed by atoms with Gasteiger partial charge in [-0.05, 0) is 53.2 Å². The van der Waals surface area contributed by atoms with E-state index in [-0.39, 0.29) is 77.4 Å². The largest absolute Gasteiger partial charge is 0.507 e. The molecule has 5 rings (SSSR count). The van der Waals surface area contributed by atoms with Crippen LogP contribution < -0.4 is 9.64 Å². The number of nitrogens with zero attached hydrogens (tertiary/aromatic N) is 4. The van der Waals surface area contributed by atoms with E-state index >= 15 is 4.39 Å². The lowest BCUT2D eigenvalue weighted by Crippen LogP contribution is -2.58. The van der Waals surface area contributed by atoms with Crippen LogP contribution in [0.4, 0.5) is 15.0 Å². The summed E-state index contributed by atoms with van der Waals surface area (Å²) in [7, 11) is 1.63. The number of piperazine rings is 1. The first kappa shape index (κ1) is 29.2. The van der Waals surface area contributed by atoms with Gasteiger partial charge in [-0.2, -0.15) is 0 Å². The van der Waals surface area contributed by atoms with Crippen molar-refractivity contribution < 1.29 is 33.3 Å². The van der Waals surface area contributed by atoms with E-state index in [1.54, 1.807) is 37.7 Å². The van der Waals surface area contributed by atoms with E-state index in [0.29, 0.717) is 13.0 Å². The molecule has 4 heterocycles. The fourth-order valence-electron chi connectivity index (χ4n) is 5.76. The molecule has 1 aromatic heterocycles. The Morgan fingerprint density at radius 2 is 1.95 bits per heavy atom. The van der Waals surface area contributed by atoms with Crippen LogP contribution in [0, 0.1) is 5.82 Å². The maximum absolute atomic E-state index is 15.1. The van der Waals surface area contributed by atoms with E-state index in [4.69, 9.17) is 30.8 Å². The number of aromatic hydroxyl groups is 1. The number of methoxy groups -OCH3 is 1. The van der Waals surface area contributed by atoms with Gasteiger partial charge in [0.05, 0.1) is 17.7 Å². The summed E-state index contributed by atoms with van der Waals surface area (Å²) in [6.45, 7) is 10.6. The van der Waals surface area contributed by atoms with Crippen LogP contribution >= 0.6 is 11.6 Å². The number of anilines is 1. The van der Waals surface area contributed by atoms with E-state index in [2.05, 4.69) is 0 Å². The fourth-order valence-corrected chi connectivity index (χ4v) is 6.05. The molecule has 0 saturated carbocycles. The summed E-state index contributed by atoms with van der Waals surface area (Å²) in [5, 5.41) is 10.5. The summed E-state index contributed by atoms with van der Waals surface area (Å²) < 4.78 is 32.5. The lowest BCUT2D eigenvalue weighted by molar-refractivity contribution is 0.000952. The molecule has 0 radical (unpaired) electrons. The molecule has 0 aliphatic carbocycles. The molecule has 0 spiro atoms. The van der Waals surface area contributed by atoms with Gasteiger partial charge in [0.25, 0.3) is 5.91 Å². The predicted molar refractivity (Wildman–Crippen MR) is 151 cm³/mol. The summed E-state index contributed by atoms with van der Waals surface area (Å²) in [5.74, 6) is -1.07. The lowest BCUT2D eigenvalue weighted by atomic mass is 9.99. The summed E-state index contributed by atoms with van der Waals surface area (Å²) >= 11 is 6.83. The van der Waals surface area contributed by atoms with Crippen molar-refractivity contribution in [2.24, 2.45) is 0 Å². The van der Waals surface area contributed by atoms with Crippen LogP contribution in [0.5, 0.6) is 11.5 Å². The number of carbonyl (C=O) groups excluding carboxylic acids is 2. The Bertz CT molecular complexity index is 1360. The molecular formula is C29H36ClFN4O6. The number of halogens is 2. The molecule has 2 amide bonds. The van der Waals surface area contributed by atoms with E-state index in [1.807, 2.05) is 18.7 Å². The van der Waals surface area contributed by atoms with Crippen LogP contribution in [0.1, 0.15) is 51.4 Å². The SMILES string of the molecule is COC1CN(c2nc(-c3c(O)cccc3F)c(Cl)c3c2C(=O)N2CCN(C(=O)OC(C)(C)C)C[C@@H]2CO3)C(C)(C)C1. The topological polar surface area (TPSA) is 105 Å². The number of aromatic nitrogens is 1. The number of hydrogen-bond donors (Lipinski definition) is 1. The molecule has 41 heavy (non-hydrogen) atoms. The van der Waals surface area contributed by atoms with Crippen LogP contribution in [0.2, 0.25) is 5.02 Å². The summed E-state index contributed by atoms with van der Waals surface area (Å²) in [5.41, 5.74) is -1.20. The lowest BCUT2D eigenvalue weighted by Gasteiger charge is -2.40. The molecule has 12 heteroatoms. The van der Waals surface area contributed by atoms with Gasteiger partial charge in [-0.3, -0.25) is 4.79 Å². The molecule has 222 valence electrons. The van der Waals surface area contributed by atoms with E-state index < -0.39 is 29.1 Å². The zero-order valence-electron chi connectivity index (χ0n) is 24.2. The van der Waals surface area contributed by atoms with Gasteiger partial charge in [0.2, 0.25) is 0 Å². The van der Waals surface area contributed by atoms with Crippen molar-refractivity contribution >= 4 is 29.4 Å². The van der Waals surface area contributed by atoms with Crippen molar-refractivity contribution in [2.45, 2.75) is 64.3 Å². The van der Waals surface area contributed by atoms with Crippen molar-refractivity contribution in [2.75, 3.05) is 44.8 Å². The average Bonchev–Trinajstić information content (AvgIpc) is 3.12. The van der Waals surface area contributed by atoms with Crippen molar-refractivity contribution in [3.8, 4) is 22.8 Å². The van der Waals surface area contributed by atoms with Crippen LogP contribution in [-0.4, -0.2) is 95.1 Å². The maximum atomic E-state index is 15.1. The van der Waals surface area contributed by atoms with E-state index in [1.165, 1.54) is 18.2 Å². The van der Waals surface area contributed by atoms with Crippen molar-refractivity contribution in [3.63, 3.8) is 0 Å². The Labute approximate surface area is 243 Å². The number of phenols is 1. The van der Waals surface area contributed by atoms with Crippen LogP contribution in [0.25, 0.3) is 11.3 Å². The maximum Gasteiger partial charge on any atom is 0.410 e. The zero-order chi connectivity index (χ0) is 29.9. The minimum Gasteiger partial charge on any atom is -0.507 e. The molecule has 2 atom stereocenters. The molecule has 2 fully saturated rings. The van der Waals surface area contributed by atoms with Crippen LogP contribution in [-0.2, 0) is 9.47 Å². The number of phenolic OH excluding ortho intramolecular Hbond substituents is 1. The normalized spacial score (nSPS) is 22.1. The molecule has 1 unspecified atom stereocenters. The number of ether oxygens (including phenoxy) is 3. The highest BCUT2D eigenvalue weighted by atomic mass is 35.5. The Morgan fingerprint density at radius 1 is 1.22 bits per heavy atom. The molecule has 10 nitrogen and oxygen atoms in total. The smallest absolute Gasteiger partial charge is 0.410 e. The molecule has 1 aromatic carbocycles. The number of hydrogen-bond acceptors (Lipinski definition) is 8. The van der Waals surface area contributed by atoms with Crippen LogP contribution in [0.15, 0.2) is 18.2 Å². The van der Waals surface area contributed by atoms with Crippen molar-refractivity contribution in [1.29, 1.82) is 0 Å². The summed E-state index contributed by atoms with van der Waals surface area (Å²) in [4.78, 5) is 37.0. The monoisotopic (exact) mass is 590 g/mol. The first-order valence-electron chi connectivity index (χ1n) is 13.7. The van der Waals surface area contributed by atoms with Gasteiger partial charge in [0.15, 0.2) is 5.75 Å². The Morgan fingerprint density at radius 3 is 2.59 bits per heavy atom. The molecular weight excluding hydrogens is 555 g/mol. The van der Waals surface area contributed by atoms with Gasteiger partial charge in [0.1, 0.15) is 45.9 Å². The number of carbonyl (C=O) groups is 2. The minimum absolute atomic E-state index is 0.0317. The minimum atomic E-state index is -0.717. The molecule has 1 N–H and O–H groups in total. The Hall–Kier alpha value is -3.31. The summed E-state index contributed by atoms with van der Waals surface area (Å²) in [6, 6.07) is 3.45. The average molecular weight is 591 g/mol. The second-order valence-electron chi connectivity index (χ2n) is 12.3. The number of rotatable bonds is 3. The zero-order valence-corrected chi connectivity index (χ0v) is 24.9. The van der Waals surface area contributed by atoms with Crippen molar-refractivity contribution in [1.82, 2.24) is 14.8 Å². The Kier molecular flexibility index (Phi) is 7.48. The fraction of sp³-hybridized carbons (Fsp3) is 0.552. The van der Waals surface area contributed by atoms with Gasteiger partial charge in [0, 0.05) is 38.8 Å². The summed E-state index contributed by atoms with van der Waals surface area (Å²) in [6.07, 6.45) is 0.0681. The molecule has 2 saturated heterocycles. The second-order valence-corrected chi connectivity index (χ2v) is 12.7.